The van der Waals surface area contributed by atoms with E-state index in [1.54, 1.807) is 18.2 Å². The first kappa shape index (κ1) is 20.0. The largest absolute Gasteiger partial charge is 0.496 e. The van der Waals surface area contributed by atoms with Crippen molar-refractivity contribution in [2.45, 2.75) is 5.75 Å². The molecule has 0 atom stereocenters. The molecule has 0 fully saturated rings. The van der Waals surface area contributed by atoms with E-state index in [-0.39, 0.29) is 23.3 Å². The van der Waals surface area contributed by atoms with Crippen molar-refractivity contribution in [3.8, 4) is 17.1 Å². The lowest BCUT2D eigenvalue weighted by molar-refractivity contribution is 0.412. The van der Waals surface area contributed by atoms with Gasteiger partial charge < -0.3 is 10.1 Å². The first-order valence-corrected chi connectivity index (χ1v) is 10.4. The first-order chi connectivity index (χ1) is 13.2. The highest BCUT2D eigenvalue weighted by atomic mass is 35.5. The van der Waals surface area contributed by atoms with Crippen LogP contribution in [0.2, 0.25) is 5.02 Å². The minimum Gasteiger partial charge on any atom is -0.496 e. The molecular weight excluding hydrogens is 407 g/mol. The second kappa shape index (κ2) is 8.07. The molecule has 1 heterocycles. The van der Waals surface area contributed by atoms with E-state index in [9.17, 15) is 12.8 Å². The summed E-state index contributed by atoms with van der Waals surface area (Å²) in [5, 5.41) is 3.35. The van der Waals surface area contributed by atoms with E-state index >= 15 is 0 Å². The SMILES string of the molecule is COc1cc(F)ccc1-c1ncnc(Nc2cc(Cl)cc(CS(C)(=O)=O)c2)n1. The molecule has 0 unspecified atom stereocenters. The molecule has 0 saturated carbocycles. The maximum atomic E-state index is 13.4. The average molecular weight is 423 g/mol. The maximum Gasteiger partial charge on any atom is 0.230 e. The van der Waals surface area contributed by atoms with Gasteiger partial charge in [-0.2, -0.15) is 4.98 Å². The molecule has 0 amide bonds. The molecule has 0 bridgehead atoms. The molecule has 7 nitrogen and oxygen atoms in total. The van der Waals surface area contributed by atoms with Crippen molar-refractivity contribution in [2.75, 3.05) is 18.7 Å². The van der Waals surface area contributed by atoms with E-state index in [1.165, 1.54) is 31.6 Å². The number of nitrogens with one attached hydrogen (secondary N) is 1. The van der Waals surface area contributed by atoms with Crippen LogP contribution in [-0.4, -0.2) is 36.7 Å². The van der Waals surface area contributed by atoms with Gasteiger partial charge >= 0.3 is 0 Å². The summed E-state index contributed by atoms with van der Waals surface area (Å²) < 4.78 is 41.7. The summed E-state index contributed by atoms with van der Waals surface area (Å²) in [6, 6.07) is 8.88. The van der Waals surface area contributed by atoms with Crippen molar-refractivity contribution in [3.63, 3.8) is 0 Å². The minimum atomic E-state index is -3.21. The number of methoxy groups -OCH3 is 1. The molecule has 0 aliphatic carbocycles. The lowest BCUT2D eigenvalue weighted by Crippen LogP contribution is -2.03. The van der Waals surface area contributed by atoms with Gasteiger partial charge in [-0.15, -0.1) is 0 Å². The summed E-state index contributed by atoms with van der Waals surface area (Å²) in [6.45, 7) is 0. The fourth-order valence-corrected chi connectivity index (χ4v) is 3.60. The van der Waals surface area contributed by atoms with E-state index in [0.717, 1.165) is 6.26 Å². The molecule has 0 aliphatic heterocycles. The zero-order valence-corrected chi connectivity index (χ0v) is 16.6. The number of sulfone groups is 1. The zero-order chi connectivity index (χ0) is 20.3. The van der Waals surface area contributed by atoms with Gasteiger partial charge in [-0.25, -0.2) is 22.8 Å². The number of rotatable bonds is 6. The number of hydrogen-bond acceptors (Lipinski definition) is 7. The van der Waals surface area contributed by atoms with Crippen LogP contribution in [0.15, 0.2) is 42.7 Å². The van der Waals surface area contributed by atoms with E-state index < -0.39 is 15.7 Å². The van der Waals surface area contributed by atoms with Crippen LogP contribution >= 0.6 is 11.6 Å². The number of anilines is 2. The van der Waals surface area contributed by atoms with Crippen LogP contribution in [-0.2, 0) is 15.6 Å². The minimum absolute atomic E-state index is 0.141. The highest BCUT2D eigenvalue weighted by Crippen LogP contribution is 2.29. The average Bonchev–Trinajstić information content (AvgIpc) is 2.59. The predicted molar refractivity (Wildman–Crippen MR) is 105 cm³/mol. The van der Waals surface area contributed by atoms with Crippen molar-refractivity contribution < 1.29 is 17.5 Å². The zero-order valence-electron chi connectivity index (χ0n) is 15.0. The van der Waals surface area contributed by atoms with Crippen molar-refractivity contribution >= 4 is 33.1 Å². The van der Waals surface area contributed by atoms with Gasteiger partial charge in [-0.05, 0) is 35.9 Å². The van der Waals surface area contributed by atoms with Crippen LogP contribution in [0.1, 0.15) is 5.56 Å². The van der Waals surface area contributed by atoms with Gasteiger partial charge in [0.05, 0.1) is 18.4 Å². The second-order valence-electron chi connectivity index (χ2n) is 6.02. The first-order valence-electron chi connectivity index (χ1n) is 8.01. The molecule has 3 rings (SSSR count). The van der Waals surface area contributed by atoms with Gasteiger partial charge in [0, 0.05) is 23.0 Å². The standard InChI is InChI=1S/C18H16ClFN4O3S/c1-27-16-8-13(20)3-4-15(16)17-21-10-22-18(24-17)23-14-6-11(5-12(19)7-14)9-28(2,25)26/h3-8,10H,9H2,1-2H3,(H,21,22,23,24). The van der Waals surface area contributed by atoms with Crippen molar-refractivity contribution in [1.29, 1.82) is 0 Å². The Hall–Kier alpha value is -2.78. The van der Waals surface area contributed by atoms with Gasteiger partial charge in [0.15, 0.2) is 15.7 Å². The maximum absolute atomic E-state index is 13.4. The lowest BCUT2D eigenvalue weighted by Gasteiger charge is -2.10. The predicted octanol–water partition coefficient (Wildman–Crippen LogP) is 3.63. The Morgan fingerprint density at radius 2 is 1.96 bits per heavy atom. The number of halogens is 2. The molecule has 3 aromatic rings. The number of nitrogens with zero attached hydrogens (tertiary/aromatic N) is 3. The Bertz CT molecular complexity index is 1130. The fraction of sp³-hybridized carbons (Fsp3) is 0.167. The molecule has 10 heteroatoms. The van der Waals surface area contributed by atoms with Crippen LogP contribution in [0.3, 0.4) is 0 Å². The topological polar surface area (TPSA) is 94.1 Å². The molecule has 0 spiro atoms. The third-order valence-electron chi connectivity index (χ3n) is 3.62. The number of aromatic nitrogens is 3. The molecule has 0 saturated heterocycles. The number of ether oxygens (including phenoxy) is 1. The van der Waals surface area contributed by atoms with Gasteiger partial charge in [0.1, 0.15) is 17.9 Å². The van der Waals surface area contributed by atoms with Crippen LogP contribution in [0, 0.1) is 5.82 Å². The van der Waals surface area contributed by atoms with Gasteiger partial charge in [-0.1, -0.05) is 11.6 Å². The summed E-state index contributed by atoms with van der Waals surface area (Å²) in [5.41, 5.74) is 1.56. The summed E-state index contributed by atoms with van der Waals surface area (Å²) in [7, 11) is -1.79. The summed E-state index contributed by atoms with van der Waals surface area (Å²) in [4.78, 5) is 12.5. The Morgan fingerprint density at radius 3 is 2.68 bits per heavy atom. The van der Waals surface area contributed by atoms with Gasteiger partial charge in [-0.3, -0.25) is 0 Å². The summed E-state index contributed by atoms with van der Waals surface area (Å²) in [5.74, 6) is 0.203. The molecular formula is C18H16ClFN4O3S. The van der Waals surface area contributed by atoms with Crippen LogP contribution < -0.4 is 10.1 Å². The van der Waals surface area contributed by atoms with Crippen LogP contribution in [0.25, 0.3) is 11.4 Å². The normalized spacial score (nSPS) is 11.3. The molecule has 0 radical (unpaired) electrons. The van der Waals surface area contributed by atoms with Crippen molar-refractivity contribution in [3.05, 3.63) is 59.1 Å². The van der Waals surface area contributed by atoms with E-state index in [2.05, 4.69) is 20.3 Å². The van der Waals surface area contributed by atoms with E-state index in [1.807, 2.05) is 0 Å². The van der Waals surface area contributed by atoms with E-state index in [4.69, 9.17) is 16.3 Å². The van der Waals surface area contributed by atoms with Crippen molar-refractivity contribution in [2.24, 2.45) is 0 Å². The van der Waals surface area contributed by atoms with Crippen LogP contribution in [0.5, 0.6) is 5.75 Å². The Kier molecular flexibility index (Phi) is 5.76. The number of benzene rings is 2. The monoisotopic (exact) mass is 422 g/mol. The molecule has 2 aromatic carbocycles. The Balaban J connectivity index is 1.92. The molecule has 0 aliphatic rings. The Labute approximate surface area is 166 Å². The highest BCUT2D eigenvalue weighted by Gasteiger charge is 2.12. The fourth-order valence-electron chi connectivity index (χ4n) is 2.57. The van der Waals surface area contributed by atoms with Gasteiger partial charge in [0.25, 0.3) is 0 Å². The number of hydrogen-bond donors (Lipinski definition) is 1. The molecule has 1 aromatic heterocycles. The van der Waals surface area contributed by atoms with Crippen LogP contribution in [0.4, 0.5) is 16.0 Å². The second-order valence-corrected chi connectivity index (χ2v) is 8.60. The van der Waals surface area contributed by atoms with E-state index in [0.29, 0.717) is 21.8 Å². The van der Waals surface area contributed by atoms with Gasteiger partial charge in [0.2, 0.25) is 5.95 Å². The summed E-state index contributed by atoms with van der Waals surface area (Å²) in [6.07, 6.45) is 2.45. The third-order valence-corrected chi connectivity index (χ3v) is 4.69. The Morgan fingerprint density at radius 1 is 1.18 bits per heavy atom. The smallest absolute Gasteiger partial charge is 0.230 e. The lowest BCUT2D eigenvalue weighted by atomic mass is 10.2. The third kappa shape index (κ3) is 5.14. The van der Waals surface area contributed by atoms with Crippen molar-refractivity contribution in [1.82, 2.24) is 15.0 Å². The highest BCUT2D eigenvalue weighted by molar-refractivity contribution is 7.89. The quantitative estimate of drug-likeness (QED) is 0.648. The molecule has 28 heavy (non-hydrogen) atoms. The summed E-state index contributed by atoms with van der Waals surface area (Å²) >= 11 is 6.09. The molecule has 1 N–H and O–H groups in total. The molecule has 146 valence electrons.